The van der Waals surface area contributed by atoms with E-state index in [1.54, 1.807) is 24.4 Å². The van der Waals surface area contributed by atoms with Crippen molar-refractivity contribution in [3.8, 4) is 28.5 Å². The van der Waals surface area contributed by atoms with Crippen LogP contribution in [0.3, 0.4) is 0 Å². The minimum Gasteiger partial charge on any atom is -0.491 e. The van der Waals surface area contributed by atoms with Crippen molar-refractivity contribution in [2.45, 2.75) is 11.9 Å². The van der Waals surface area contributed by atoms with Crippen molar-refractivity contribution in [2.75, 3.05) is 50.4 Å². The topological polar surface area (TPSA) is 151 Å². The molecule has 0 saturated carbocycles. The minimum atomic E-state index is -3.64. The molecule has 190 valence electrons. The van der Waals surface area contributed by atoms with Crippen LogP contribution in [-0.4, -0.2) is 69.1 Å². The number of fused-ring (bicyclic) bond motifs is 1. The molecule has 3 aromatic heterocycles. The number of pyridine rings is 3. The van der Waals surface area contributed by atoms with E-state index in [4.69, 9.17) is 18.9 Å². The first-order valence-corrected chi connectivity index (χ1v) is 12.8. The third kappa shape index (κ3) is 6.17. The molecule has 0 bridgehead atoms. The lowest BCUT2D eigenvalue weighted by atomic mass is 10.1. The van der Waals surface area contributed by atoms with E-state index in [9.17, 15) is 13.2 Å². The number of ether oxygens (including phenoxy) is 4. The van der Waals surface area contributed by atoms with Crippen molar-refractivity contribution in [3.05, 3.63) is 36.7 Å². The van der Waals surface area contributed by atoms with Crippen molar-refractivity contribution < 1.29 is 32.2 Å². The molecule has 0 spiro atoms. The van der Waals surface area contributed by atoms with E-state index in [0.717, 1.165) is 6.26 Å². The van der Waals surface area contributed by atoms with Crippen molar-refractivity contribution in [3.63, 3.8) is 0 Å². The van der Waals surface area contributed by atoms with E-state index in [-0.39, 0.29) is 29.2 Å². The predicted molar refractivity (Wildman–Crippen MR) is 131 cm³/mol. The lowest BCUT2D eigenvalue weighted by Gasteiger charge is -2.19. The van der Waals surface area contributed by atoms with Crippen molar-refractivity contribution in [2.24, 2.45) is 0 Å². The summed E-state index contributed by atoms with van der Waals surface area (Å²) in [6.45, 7) is 2.76. The van der Waals surface area contributed by atoms with Gasteiger partial charge in [-0.05, 0) is 0 Å². The summed E-state index contributed by atoms with van der Waals surface area (Å²) < 4.78 is 46.4. The summed E-state index contributed by atoms with van der Waals surface area (Å²) in [6, 6.07) is 6.21. The molecular weight excluding hydrogens is 490 g/mol. The van der Waals surface area contributed by atoms with E-state index in [1.165, 1.54) is 26.3 Å². The standard InChI is InChI=1S/C23H25N5O7S/c1-14(29)26-21-11-18(16(12-25-21)17-10-19-20(13-24-17)35-7-6-34-19)27-22-8-15(33-5-4-32-2)9-23(28-22)36(3,30)31/h8-13H,4-7H2,1-3H3,(H2,25,26,27,28,29). The molecule has 36 heavy (non-hydrogen) atoms. The Balaban J connectivity index is 1.76. The SMILES string of the molecule is COCCOc1cc(Nc2cc(NC(C)=O)ncc2-c2cc3c(cn2)OCCO3)nc(S(C)(=O)=O)c1. The third-order valence-electron chi connectivity index (χ3n) is 4.89. The van der Waals surface area contributed by atoms with Gasteiger partial charge >= 0.3 is 0 Å². The van der Waals surface area contributed by atoms with Gasteiger partial charge in [0.15, 0.2) is 26.4 Å². The number of nitrogens with zero attached hydrogens (tertiary/aromatic N) is 3. The summed E-state index contributed by atoms with van der Waals surface area (Å²) in [7, 11) is -2.11. The number of methoxy groups -OCH3 is 1. The normalized spacial score (nSPS) is 12.6. The van der Waals surface area contributed by atoms with Gasteiger partial charge in [-0.15, -0.1) is 0 Å². The van der Waals surface area contributed by atoms with Crippen LogP contribution >= 0.6 is 0 Å². The maximum absolute atomic E-state index is 12.3. The zero-order valence-electron chi connectivity index (χ0n) is 19.9. The van der Waals surface area contributed by atoms with Crippen LogP contribution in [0.25, 0.3) is 11.3 Å². The number of hydrogen-bond donors (Lipinski definition) is 2. The van der Waals surface area contributed by atoms with Crippen LogP contribution in [0.4, 0.5) is 17.3 Å². The van der Waals surface area contributed by atoms with Crippen LogP contribution < -0.4 is 24.8 Å². The van der Waals surface area contributed by atoms with Crippen molar-refractivity contribution >= 4 is 33.1 Å². The van der Waals surface area contributed by atoms with Gasteiger partial charge in [0, 0.05) is 56.3 Å². The Bertz CT molecular complexity index is 1380. The van der Waals surface area contributed by atoms with E-state index in [0.29, 0.717) is 54.0 Å². The van der Waals surface area contributed by atoms with Gasteiger partial charge in [0.25, 0.3) is 0 Å². The van der Waals surface area contributed by atoms with Crippen molar-refractivity contribution in [1.29, 1.82) is 0 Å². The first-order valence-electron chi connectivity index (χ1n) is 10.9. The molecule has 3 aromatic rings. The monoisotopic (exact) mass is 515 g/mol. The average Bonchev–Trinajstić information content (AvgIpc) is 2.83. The molecule has 4 rings (SSSR count). The Morgan fingerprint density at radius 1 is 1.03 bits per heavy atom. The molecule has 12 nitrogen and oxygen atoms in total. The molecule has 13 heteroatoms. The fraction of sp³-hybridized carbons (Fsp3) is 0.304. The molecule has 0 saturated heterocycles. The quantitative estimate of drug-likeness (QED) is 0.404. The lowest BCUT2D eigenvalue weighted by molar-refractivity contribution is -0.114. The highest BCUT2D eigenvalue weighted by Crippen LogP contribution is 2.37. The van der Waals surface area contributed by atoms with Crippen LogP contribution in [0.5, 0.6) is 17.2 Å². The highest BCUT2D eigenvalue weighted by atomic mass is 32.2. The number of amides is 1. The van der Waals surface area contributed by atoms with Gasteiger partial charge < -0.3 is 29.6 Å². The summed E-state index contributed by atoms with van der Waals surface area (Å²) >= 11 is 0. The van der Waals surface area contributed by atoms with Gasteiger partial charge in [0.1, 0.15) is 37.2 Å². The lowest BCUT2D eigenvalue weighted by Crippen LogP contribution is -2.15. The second-order valence-corrected chi connectivity index (χ2v) is 9.74. The average molecular weight is 516 g/mol. The Kier molecular flexibility index (Phi) is 7.50. The first-order chi connectivity index (χ1) is 17.2. The number of sulfone groups is 1. The van der Waals surface area contributed by atoms with Crippen LogP contribution in [0.2, 0.25) is 0 Å². The van der Waals surface area contributed by atoms with E-state index in [2.05, 4.69) is 25.6 Å². The number of anilines is 3. The van der Waals surface area contributed by atoms with Crippen LogP contribution in [0.15, 0.2) is 41.7 Å². The molecule has 0 fully saturated rings. The van der Waals surface area contributed by atoms with Crippen molar-refractivity contribution in [1.82, 2.24) is 15.0 Å². The number of nitrogens with one attached hydrogen (secondary N) is 2. The molecule has 0 aliphatic carbocycles. The Morgan fingerprint density at radius 3 is 2.53 bits per heavy atom. The van der Waals surface area contributed by atoms with Gasteiger partial charge in [-0.1, -0.05) is 0 Å². The molecule has 1 aliphatic heterocycles. The maximum atomic E-state index is 12.3. The van der Waals surface area contributed by atoms with E-state index >= 15 is 0 Å². The van der Waals surface area contributed by atoms with Gasteiger partial charge in [0.2, 0.25) is 5.91 Å². The highest BCUT2D eigenvalue weighted by Gasteiger charge is 2.18. The summed E-state index contributed by atoms with van der Waals surface area (Å²) in [5, 5.41) is 5.58. The number of carbonyl (C=O) groups excluding carboxylic acids is 1. The summed E-state index contributed by atoms with van der Waals surface area (Å²) in [4.78, 5) is 24.6. The molecule has 4 heterocycles. The molecule has 0 radical (unpaired) electrons. The predicted octanol–water partition coefficient (Wildman–Crippen LogP) is 2.44. The largest absolute Gasteiger partial charge is 0.491 e. The molecule has 0 aromatic carbocycles. The minimum absolute atomic E-state index is 0.171. The first kappa shape index (κ1) is 25.1. The summed E-state index contributed by atoms with van der Waals surface area (Å²) in [6.07, 6.45) is 4.14. The Labute approximate surface area is 207 Å². The van der Waals surface area contributed by atoms with Gasteiger partial charge in [-0.3, -0.25) is 9.78 Å². The molecule has 0 atom stereocenters. The van der Waals surface area contributed by atoms with Gasteiger partial charge in [-0.2, -0.15) is 0 Å². The smallest absolute Gasteiger partial charge is 0.222 e. The van der Waals surface area contributed by atoms with Gasteiger partial charge in [-0.25, -0.2) is 18.4 Å². The molecule has 0 unspecified atom stereocenters. The fourth-order valence-corrected chi connectivity index (χ4v) is 3.90. The maximum Gasteiger partial charge on any atom is 0.222 e. The second kappa shape index (κ2) is 10.7. The van der Waals surface area contributed by atoms with E-state index < -0.39 is 9.84 Å². The van der Waals surface area contributed by atoms with Gasteiger partial charge in [0.05, 0.1) is 24.2 Å². The number of hydrogen-bond acceptors (Lipinski definition) is 11. The van der Waals surface area contributed by atoms with Crippen LogP contribution in [0.1, 0.15) is 6.92 Å². The molecule has 1 aliphatic rings. The zero-order chi connectivity index (χ0) is 25.7. The summed E-state index contributed by atoms with van der Waals surface area (Å²) in [5.41, 5.74) is 1.52. The van der Waals surface area contributed by atoms with E-state index in [1.807, 2.05) is 0 Å². The molecular formula is C23H25N5O7S. The Hall–Kier alpha value is -3.97. The molecule has 2 N–H and O–H groups in total. The Morgan fingerprint density at radius 2 is 1.81 bits per heavy atom. The number of aromatic nitrogens is 3. The summed E-state index contributed by atoms with van der Waals surface area (Å²) in [5.74, 6) is 1.54. The van der Waals surface area contributed by atoms with Crippen LogP contribution in [-0.2, 0) is 19.4 Å². The number of carbonyl (C=O) groups is 1. The fourth-order valence-electron chi connectivity index (χ4n) is 3.31. The second-order valence-electron chi connectivity index (χ2n) is 7.77. The zero-order valence-corrected chi connectivity index (χ0v) is 20.7. The molecule has 1 amide bonds. The van der Waals surface area contributed by atoms with Crippen LogP contribution in [0, 0.1) is 0 Å². The highest BCUT2D eigenvalue weighted by molar-refractivity contribution is 7.90. The third-order valence-corrected chi connectivity index (χ3v) is 5.86. The number of rotatable bonds is 9.